The van der Waals surface area contributed by atoms with Crippen molar-refractivity contribution in [3.05, 3.63) is 54.7 Å². The van der Waals surface area contributed by atoms with Gasteiger partial charge in [-0.25, -0.2) is 19.7 Å². The van der Waals surface area contributed by atoms with E-state index in [-0.39, 0.29) is 12.6 Å². The van der Waals surface area contributed by atoms with Crippen LogP contribution in [-0.4, -0.2) is 49.3 Å². The van der Waals surface area contributed by atoms with Gasteiger partial charge in [-0.15, -0.1) is 0 Å². The molecule has 0 atom stereocenters. The van der Waals surface area contributed by atoms with Crippen molar-refractivity contribution >= 4 is 32.7 Å². The Kier molecular flexibility index (Phi) is 6.59. The zero-order chi connectivity index (χ0) is 23.4. The maximum atomic E-state index is 12.1. The molecule has 33 heavy (non-hydrogen) atoms. The molecule has 0 saturated heterocycles. The van der Waals surface area contributed by atoms with Gasteiger partial charge in [0.2, 0.25) is 0 Å². The summed E-state index contributed by atoms with van der Waals surface area (Å²) in [7, 11) is 0. The number of urea groups is 1. The fourth-order valence-corrected chi connectivity index (χ4v) is 4.14. The molecule has 0 radical (unpaired) electrons. The Bertz CT molecular complexity index is 1250. The lowest BCUT2D eigenvalue weighted by Crippen LogP contribution is -2.29. The van der Waals surface area contributed by atoms with Gasteiger partial charge in [-0.3, -0.25) is 10.3 Å². The first kappa shape index (κ1) is 22.7. The number of amides is 2. The summed E-state index contributed by atoms with van der Waals surface area (Å²) >= 11 is 1.36. The number of aliphatic hydroxyl groups is 2. The number of thiazole rings is 1. The van der Waals surface area contributed by atoms with Crippen molar-refractivity contribution in [2.24, 2.45) is 0 Å². The summed E-state index contributed by atoms with van der Waals surface area (Å²) in [5, 5.41) is 24.9. The molecular formula is C23H24N6O3S. The van der Waals surface area contributed by atoms with Crippen molar-refractivity contribution in [1.82, 2.24) is 25.3 Å². The molecule has 4 rings (SSSR count). The smallest absolute Gasteiger partial charge is 0.321 e. The van der Waals surface area contributed by atoms with Crippen LogP contribution in [0.4, 0.5) is 9.93 Å². The average molecular weight is 465 g/mol. The van der Waals surface area contributed by atoms with Crippen LogP contribution in [0.5, 0.6) is 0 Å². The van der Waals surface area contributed by atoms with Crippen LogP contribution in [0, 0.1) is 0 Å². The highest BCUT2D eigenvalue weighted by molar-refractivity contribution is 7.22. The molecule has 1 aromatic carbocycles. The third kappa shape index (κ3) is 5.30. The first-order valence-corrected chi connectivity index (χ1v) is 11.2. The summed E-state index contributed by atoms with van der Waals surface area (Å²) in [5.41, 5.74) is 2.84. The predicted molar refractivity (Wildman–Crippen MR) is 128 cm³/mol. The van der Waals surface area contributed by atoms with Crippen molar-refractivity contribution in [1.29, 1.82) is 0 Å². The SMILES string of the molecule is CC(C)(O)c1ncc(-c2cc(-c3ccccn3)c3sc(NC(=O)NCCCO)nc3c2)cn1. The van der Waals surface area contributed by atoms with Gasteiger partial charge >= 0.3 is 6.03 Å². The second kappa shape index (κ2) is 9.57. The quantitative estimate of drug-likeness (QED) is 0.307. The van der Waals surface area contributed by atoms with Crippen LogP contribution in [0.15, 0.2) is 48.9 Å². The van der Waals surface area contributed by atoms with E-state index < -0.39 is 5.60 Å². The van der Waals surface area contributed by atoms with Crippen LogP contribution in [0.2, 0.25) is 0 Å². The van der Waals surface area contributed by atoms with E-state index in [2.05, 4.69) is 30.6 Å². The lowest BCUT2D eigenvalue weighted by atomic mass is 10.0. The minimum Gasteiger partial charge on any atom is -0.396 e. The molecule has 0 aliphatic heterocycles. The summed E-state index contributed by atoms with van der Waals surface area (Å²) in [4.78, 5) is 29.8. The summed E-state index contributed by atoms with van der Waals surface area (Å²) in [5.74, 6) is 0.338. The topological polar surface area (TPSA) is 133 Å². The normalized spacial score (nSPS) is 11.5. The Hall–Kier alpha value is -3.47. The highest BCUT2D eigenvalue weighted by Crippen LogP contribution is 2.38. The molecule has 9 nitrogen and oxygen atoms in total. The number of nitrogens with zero attached hydrogens (tertiary/aromatic N) is 4. The Morgan fingerprint density at radius 1 is 1.12 bits per heavy atom. The molecular weight excluding hydrogens is 440 g/mol. The van der Waals surface area contributed by atoms with Gasteiger partial charge < -0.3 is 15.5 Å². The minimum atomic E-state index is -1.13. The van der Waals surface area contributed by atoms with Gasteiger partial charge in [-0.1, -0.05) is 17.4 Å². The Labute approximate surface area is 194 Å². The van der Waals surface area contributed by atoms with Crippen LogP contribution >= 0.6 is 11.3 Å². The number of carbonyl (C=O) groups excluding carboxylic acids is 1. The molecule has 4 N–H and O–H groups in total. The van der Waals surface area contributed by atoms with Gasteiger partial charge in [-0.2, -0.15) is 0 Å². The molecule has 0 saturated carbocycles. The fourth-order valence-electron chi connectivity index (χ4n) is 3.18. The minimum absolute atomic E-state index is 0.0120. The number of aromatic nitrogens is 4. The zero-order valence-corrected chi connectivity index (χ0v) is 19.1. The molecule has 0 aliphatic rings. The molecule has 0 unspecified atom stereocenters. The molecule has 4 aromatic rings. The number of pyridine rings is 1. The molecule has 2 amide bonds. The van der Waals surface area contributed by atoms with E-state index in [1.54, 1.807) is 32.4 Å². The molecule has 10 heteroatoms. The second-order valence-corrected chi connectivity index (χ2v) is 8.92. The van der Waals surface area contributed by atoms with Gasteiger partial charge in [0.15, 0.2) is 11.0 Å². The molecule has 3 aromatic heterocycles. The number of aliphatic hydroxyl groups excluding tert-OH is 1. The van der Waals surface area contributed by atoms with Crippen LogP contribution in [0.1, 0.15) is 26.1 Å². The number of nitrogens with one attached hydrogen (secondary N) is 2. The van der Waals surface area contributed by atoms with Gasteiger partial charge in [0.25, 0.3) is 0 Å². The Morgan fingerprint density at radius 3 is 2.58 bits per heavy atom. The lowest BCUT2D eigenvalue weighted by Gasteiger charge is -2.15. The van der Waals surface area contributed by atoms with Gasteiger partial charge in [0.1, 0.15) is 5.60 Å². The van der Waals surface area contributed by atoms with Crippen LogP contribution < -0.4 is 10.6 Å². The third-order valence-electron chi connectivity index (χ3n) is 4.80. The maximum Gasteiger partial charge on any atom is 0.321 e. The number of rotatable bonds is 7. The van der Waals surface area contributed by atoms with Gasteiger partial charge in [-0.05, 0) is 50.1 Å². The highest BCUT2D eigenvalue weighted by atomic mass is 32.1. The van der Waals surface area contributed by atoms with E-state index in [0.29, 0.717) is 29.4 Å². The Balaban J connectivity index is 1.74. The van der Waals surface area contributed by atoms with E-state index in [1.165, 1.54) is 11.3 Å². The fraction of sp³-hybridized carbons (Fsp3) is 0.261. The summed E-state index contributed by atoms with van der Waals surface area (Å²) in [6.07, 6.45) is 5.55. The lowest BCUT2D eigenvalue weighted by molar-refractivity contribution is 0.0687. The maximum absolute atomic E-state index is 12.1. The number of benzene rings is 1. The third-order valence-corrected chi connectivity index (χ3v) is 5.82. The van der Waals surface area contributed by atoms with Gasteiger partial charge in [0.05, 0.1) is 15.9 Å². The first-order chi connectivity index (χ1) is 15.8. The molecule has 0 aliphatic carbocycles. The summed E-state index contributed by atoms with van der Waals surface area (Å²) in [6, 6.07) is 9.21. The van der Waals surface area contributed by atoms with E-state index in [1.807, 2.05) is 30.3 Å². The summed E-state index contributed by atoms with van der Waals surface area (Å²) in [6.45, 7) is 3.66. The van der Waals surface area contributed by atoms with E-state index in [4.69, 9.17) is 5.11 Å². The first-order valence-electron chi connectivity index (χ1n) is 10.4. The van der Waals surface area contributed by atoms with Crippen LogP contribution in [0.25, 0.3) is 32.6 Å². The average Bonchev–Trinajstić information content (AvgIpc) is 3.21. The highest BCUT2D eigenvalue weighted by Gasteiger charge is 2.20. The zero-order valence-electron chi connectivity index (χ0n) is 18.2. The monoisotopic (exact) mass is 464 g/mol. The second-order valence-electron chi connectivity index (χ2n) is 7.92. The predicted octanol–water partition coefficient (Wildman–Crippen LogP) is 3.55. The van der Waals surface area contributed by atoms with E-state index in [9.17, 15) is 9.90 Å². The van der Waals surface area contributed by atoms with Crippen LogP contribution in [-0.2, 0) is 5.60 Å². The number of anilines is 1. The molecule has 0 fully saturated rings. The Morgan fingerprint density at radius 2 is 1.91 bits per heavy atom. The number of fused-ring (bicyclic) bond motifs is 1. The van der Waals surface area contributed by atoms with E-state index >= 15 is 0 Å². The number of carbonyl (C=O) groups is 1. The van der Waals surface area contributed by atoms with Crippen molar-refractivity contribution < 1.29 is 15.0 Å². The molecule has 0 bridgehead atoms. The number of hydrogen-bond acceptors (Lipinski definition) is 8. The summed E-state index contributed by atoms with van der Waals surface area (Å²) < 4.78 is 0.886. The molecule has 170 valence electrons. The molecule has 0 spiro atoms. The molecule has 3 heterocycles. The van der Waals surface area contributed by atoms with Crippen molar-refractivity contribution in [2.75, 3.05) is 18.5 Å². The standard InChI is InChI=1S/C23H24N6O3S/c1-23(2,32)20-26-12-15(13-27-20)14-10-16(17-6-3-4-7-24-17)19-18(11-14)28-22(33-19)29-21(31)25-8-5-9-30/h3-4,6-7,10-13,30,32H,5,8-9H2,1-2H3,(H2,25,28,29,31). The van der Waals surface area contributed by atoms with E-state index in [0.717, 1.165) is 27.1 Å². The van der Waals surface area contributed by atoms with Crippen molar-refractivity contribution in [3.63, 3.8) is 0 Å². The van der Waals surface area contributed by atoms with Crippen molar-refractivity contribution in [3.8, 4) is 22.4 Å². The van der Waals surface area contributed by atoms with Gasteiger partial charge in [0, 0.05) is 42.9 Å². The van der Waals surface area contributed by atoms with Crippen LogP contribution in [0.3, 0.4) is 0 Å². The number of hydrogen-bond donors (Lipinski definition) is 4. The van der Waals surface area contributed by atoms with Crippen molar-refractivity contribution in [2.45, 2.75) is 25.9 Å². The largest absolute Gasteiger partial charge is 0.396 e.